The van der Waals surface area contributed by atoms with Crippen LogP contribution in [0.4, 0.5) is 5.00 Å². The Morgan fingerprint density at radius 1 is 1.21 bits per heavy atom. The van der Waals surface area contributed by atoms with Crippen LogP contribution in [0.25, 0.3) is 0 Å². The van der Waals surface area contributed by atoms with Gasteiger partial charge in [0.05, 0.1) is 12.4 Å². The molecule has 2 atom stereocenters. The molecule has 0 fully saturated rings. The van der Waals surface area contributed by atoms with E-state index in [0.29, 0.717) is 13.1 Å². The summed E-state index contributed by atoms with van der Waals surface area (Å²) in [6.07, 6.45) is -0.891. The molecule has 2 aromatic rings. The third-order valence-corrected chi connectivity index (χ3v) is 6.82. The van der Waals surface area contributed by atoms with E-state index in [2.05, 4.69) is 0 Å². The van der Waals surface area contributed by atoms with Crippen molar-refractivity contribution in [2.24, 2.45) is 0 Å². The molecule has 0 bridgehead atoms. The van der Waals surface area contributed by atoms with Gasteiger partial charge >= 0.3 is 5.97 Å². The van der Waals surface area contributed by atoms with Crippen molar-refractivity contribution in [3.8, 4) is 5.75 Å². The van der Waals surface area contributed by atoms with Crippen molar-refractivity contribution in [1.82, 2.24) is 4.90 Å². The Bertz CT molecular complexity index is 835. The average molecular weight is 421 g/mol. The zero-order chi connectivity index (χ0) is 20.3. The van der Waals surface area contributed by atoms with Crippen LogP contribution in [0.1, 0.15) is 17.7 Å². The summed E-state index contributed by atoms with van der Waals surface area (Å²) in [5, 5.41) is 2.57. The van der Waals surface area contributed by atoms with Crippen LogP contribution < -0.4 is 9.64 Å². The number of methoxy groups -OCH3 is 1. The molecular weight excluding hydrogens is 396 g/mol. The zero-order valence-corrected chi connectivity index (χ0v) is 18.0. The third kappa shape index (κ3) is 4.51. The zero-order valence-electron chi connectivity index (χ0n) is 16.4. The number of thioether (sulfide) groups is 1. The molecule has 0 saturated heterocycles. The lowest BCUT2D eigenvalue weighted by Gasteiger charge is -2.28. The van der Waals surface area contributed by atoms with E-state index >= 15 is 0 Å². The molecule has 8 heteroatoms. The lowest BCUT2D eigenvalue weighted by atomic mass is 10.1. The molecular formula is C20H24N2O4S2. The molecule has 3 rings (SSSR count). The maximum Gasteiger partial charge on any atom is 0.303 e. The number of ether oxygens (including phenoxy) is 2. The minimum absolute atomic E-state index is 0.188. The first-order valence-corrected chi connectivity index (χ1v) is 10.7. The summed E-state index contributed by atoms with van der Waals surface area (Å²) in [7, 11) is 5.55. The van der Waals surface area contributed by atoms with Crippen LogP contribution in [0.15, 0.2) is 40.6 Å². The van der Waals surface area contributed by atoms with E-state index in [1.165, 1.54) is 18.3 Å². The minimum atomic E-state index is -0.891. The molecule has 0 unspecified atom stereocenters. The summed E-state index contributed by atoms with van der Waals surface area (Å²) in [5.74, 6) is 0.0865. The minimum Gasteiger partial charge on any atom is -0.497 e. The number of carbonyl (C=O) groups excluding carboxylic acids is 2. The van der Waals surface area contributed by atoms with Crippen LogP contribution in [0.2, 0.25) is 0 Å². The van der Waals surface area contributed by atoms with Gasteiger partial charge in [-0.05, 0) is 43.2 Å². The highest BCUT2D eigenvalue weighted by Crippen LogP contribution is 2.49. The highest BCUT2D eigenvalue weighted by atomic mass is 32.2. The summed E-state index contributed by atoms with van der Waals surface area (Å²) >= 11 is 3.09. The number of amides is 1. The van der Waals surface area contributed by atoms with E-state index in [-0.39, 0.29) is 11.2 Å². The summed E-state index contributed by atoms with van der Waals surface area (Å²) in [6, 6.07) is 9.57. The summed E-state index contributed by atoms with van der Waals surface area (Å²) in [5.41, 5.74) is 0.914. The van der Waals surface area contributed by atoms with Gasteiger partial charge in [-0.15, -0.1) is 23.1 Å². The number of thiophene rings is 1. The van der Waals surface area contributed by atoms with Gasteiger partial charge in [0.25, 0.3) is 5.91 Å². The highest BCUT2D eigenvalue weighted by molar-refractivity contribution is 8.00. The van der Waals surface area contributed by atoms with Gasteiger partial charge in [0, 0.05) is 24.9 Å². The van der Waals surface area contributed by atoms with Gasteiger partial charge in [-0.3, -0.25) is 14.5 Å². The summed E-state index contributed by atoms with van der Waals surface area (Å²) < 4.78 is 10.8. The van der Waals surface area contributed by atoms with Crippen LogP contribution in [0.3, 0.4) is 0 Å². The van der Waals surface area contributed by atoms with E-state index in [1.54, 1.807) is 23.8 Å². The molecule has 1 aromatic heterocycles. The number of esters is 1. The Labute approximate surface area is 173 Å². The number of likely N-dealkylation sites (N-methyl/N-ethyl adjacent to an activating group) is 1. The number of fused-ring (bicyclic) bond motifs is 1. The predicted molar refractivity (Wildman–Crippen MR) is 112 cm³/mol. The van der Waals surface area contributed by atoms with Gasteiger partial charge in [0.15, 0.2) is 6.10 Å². The van der Waals surface area contributed by atoms with Gasteiger partial charge in [-0.1, -0.05) is 12.1 Å². The molecule has 2 heterocycles. The smallest absolute Gasteiger partial charge is 0.303 e. The van der Waals surface area contributed by atoms with E-state index in [0.717, 1.165) is 21.2 Å². The standard InChI is InChI=1S/C20H24N2O4S2/c1-13(23)26-17-18(14-5-7-15(25-4)8-6-14)28-16-9-12-27-20(16)22(19(17)24)11-10-21(2)3/h5-9,12,17-18H,10-11H2,1-4H3/t17-,18+/m1/s1. The molecule has 0 N–H and O–H groups in total. The number of nitrogens with zero attached hydrogens (tertiary/aromatic N) is 2. The maximum atomic E-state index is 13.5. The van der Waals surface area contributed by atoms with Crippen LogP contribution in [0, 0.1) is 0 Å². The van der Waals surface area contributed by atoms with Gasteiger partial charge in [-0.2, -0.15) is 0 Å². The number of hydrogen-bond donors (Lipinski definition) is 0. The third-order valence-electron chi connectivity index (χ3n) is 4.40. The van der Waals surface area contributed by atoms with E-state index in [1.807, 2.05) is 54.7 Å². The highest BCUT2D eigenvalue weighted by Gasteiger charge is 2.41. The second kappa shape index (κ2) is 8.98. The van der Waals surface area contributed by atoms with Gasteiger partial charge in [0.2, 0.25) is 0 Å². The second-order valence-electron chi connectivity index (χ2n) is 6.72. The van der Waals surface area contributed by atoms with Gasteiger partial charge in [0.1, 0.15) is 10.8 Å². The van der Waals surface area contributed by atoms with Crippen LogP contribution >= 0.6 is 23.1 Å². The Morgan fingerprint density at radius 3 is 2.54 bits per heavy atom. The van der Waals surface area contributed by atoms with E-state index in [9.17, 15) is 9.59 Å². The molecule has 6 nitrogen and oxygen atoms in total. The molecule has 0 spiro atoms. The van der Waals surface area contributed by atoms with Gasteiger partial charge in [-0.25, -0.2) is 0 Å². The molecule has 0 radical (unpaired) electrons. The monoisotopic (exact) mass is 420 g/mol. The number of hydrogen-bond acceptors (Lipinski definition) is 7. The van der Waals surface area contributed by atoms with Crippen LogP contribution in [-0.4, -0.2) is 57.2 Å². The Hall–Kier alpha value is -2.03. The molecule has 1 amide bonds. The quantitative estimate of drug-likeness (QED) is 0.668. The van der Waals surface area contributed by atoms with Crippen molar-refractivity contribution < 1.29 is 19.1 Å². The average Bonchev–Trinajstić information content (AvgIpc) is 3.08. The topological polar surface area (TPSA) is 59.1 Å². The van der Waals surface area contributed by atoms with Crippen LogP contribution in [-0.2, 0) is 14.3 Å². The molecule has 0 aliphatic carbocycles. The molecule has 28 heavy (non-hydrogen) atoms. The number of benzene rings is 1. The van der Waals surface area contributed by atoms with Crippen molar-refractivity contribution in [2.75, 3.05) is 39.2 Å². The largest absolute Gasteiger partial charge is 0.497 e. The number of carbonyl (C=O) groups is 2. The summed E-state index contributed by atoms with van der Waals surface area (Å²) in [6.45, 7) is 2.59. The fourth-order valence-electron chi connectivity index (χ4n) is 3.00. The van der Waals surface area contributed by atoms with Crippen molar-refractivity contribution in [2.45, 2.75) is 23.2 Å². The maximum absolute atomic E-state index is 13.5. The molecule has 0 saturated carbocycles. The van der Waals surface area contributed by atoms with Crippen molar-refractivity contribution in [1.29, 1.82) is 0 Å². The van der Waals surface area contributed by atoms with Gasteiger partial charge < -0.3 is 14.4 Å². The Morgan fingerprint density at radius 2 is 1.93 bits per heavy atom. The number of rotatable bonds is 6. The fourth-order valence-corrected chi connectivity index (χ4v) is 5.42. The van der Waals surface area contributed by atoms with Crippen molar-refractivity contribution in [3.63, 3.8) is 0 Å². The Kier molecular flexibility index (Phi) is 6.64. The first-order chi connectivity index (χ1) is 13.4. The van der Waals surface area contributed by atoms with Crippen molar-refractivity contribution in [3.05, 3.63) is 41.3 Å². The normalized spacial score (nSPS) is 19.3. The summed E-state index contributed by atoms with van der Waals surface area (Å²) in [4.78, 5) is 30.1. The molecule has 1 aliphatic heterocycles. The fraction of sp³-hybridized carbons (Fsp3) is 0.400. The van der Waals surface area contributed by atoms with Crippen LogP contribution in [0.5, 0.6) is 5.75 Å². The van der Waals surface area contributed by atoms with E-state index < -0.39 is 12.1 Å². The molecule has 1 aromatic carbocycles. The second-order valence-corrected chi connectivity index (χ2v) is 8.80. The lowest BCUT2D eigenvalue weighted by Crippen LogP contribution is -2.44. The molecule has 1 aliphatic rings. The lowest BCUT2D eigenvalue weighted by molar-refractivity contribution is -0.152. The first-order valence-electron chi connectivity index (χ1n) is 8.92. The predicted octanol–water partition coefficient (Wildman–Crippen LogP) is 3.43. The van der Waals surface area contributed by atoms with Crippen molar-refractivity contribution >= 4 is 40.0 Å². The SMILES string of the molecule is COc1ccc([C@@H]2Sc3ccsc3N(CCN(C)C)C(=O)[C@@H]2OC(C)=O)cc1. The molecule has 150 valence electrons. The van der Waals surface area contributed by atoms with E-state index in [4.69, 9.17) is 9.47 Å². The first kappa shape index (κ1) is 20.7. The number of anilines is 1. The Balaban J connectivity index is 2.01.